The van der Waals surface area contributed by atoms with E-state index in [9.17, 15) is 0 Å². The first-order chi connectivity index (χ1) is 12.7. The molecule has 5 heteroatoms. The molecule has 0 spiro atoms. The van der Waals surface area contributed by atoms with Crippen LogP contribution >= 0.6 is 23.5 Å². The zero-order valence-electron chi connectivity index (χ0n) is 16.2. The van der Waals surface area contributed by atoms with Gasteiger partial charge < -0.3 is 9.47 Å². The second kappa shape index (κ2) is 15.0. The fourth-order valence-corrected chi connectivity index (χ4v) is 4.72. The maximum atomic E-state index is 5.66. The van der Waals surface area contributed by atoms with Crippen molar-refractivity contribution in [2.45, 2.75) is 74.5 Å². The van der Waals surface area contributed by atoms with E-state index in [0.29, 0.717) is 0 Å². The molecule has 1 heterocycles. The number of rotatable bonds is 16. The Balaban J connectivity index is 2.61. The molecule has 1 aromatic rings. The number of aromatic nitrogens is 1. The molecule has 2 atom stereocenters. The van der Waals surface area contributed by atoms with Crippen LogP contribution in [0.1, 0.15) is 52.4 Å². The summed E-state index contributed by atoms with van der Waals surface area (Å²) in [7, 11) is 0. The van der Waals surface area contributed by atoms with Gasteiger partial charge in [-0.05, 0) is 25.0 Å². The fourth-order valence-electron chi connectivity index (χ4n) is 2.47. The fraction of sp³-hybridized carbons (Fsp3) is 0.571. The highest BCUT2D eigenvalue weighted by Crippen LogP contribution is 2.31. The van der Waals surface area contributed by atoms with E-state index in [4.69, 9.17) is 9.47 Å². The lowest BCUT2D eigenvalue weighted by atomic mass is 10.2. The highest BCUT2D eigenvalue weighted by molar-refractivity contribution is 8.02. The van der Waals surface area contributed by atoms with Crippen LogP contribution in [0, 0.1) is 0 Å². The molecule has 0 saturated carbocycles. The molecule has 0 radical (unpaired) electrons. The molecule has 0 fully saturated rings. The van der Waals surface area contributed by atoms with Gasteiger partial charge in [-0.15, -0.1) is 23.5 Å². The predicted octanol–water partition coefficient (Wildman–Crippen LogP) is 6.70. The highest BCUT2D eigenvalue weighted by Gasteiger charge is 2.14. The van der Waals surface area contributed by atoms with Crippen molar-refractivity contribution in [2.24, 2.45) is 0 Å². The normalized spacial score (nSPS) is 13.0. The topological polar surface area (TPSA) is 31.4 Å². The molecule has 26 heavy (non-hydrogen) atoms. The van der Waals surface area contributed by atoms with Crippen molar-refractivity contribution in [3.8, 4) is 0 Å². The predicted molar refractivity (Wildman–Crippen MR) is 115 cm³/mol. The van der Waals surface area contributed by atoms with E-state index in [0.717, 1.165) is 29.4 Å². The van der Waals surface area contributed by atoms with Crippen molar-refractivity contribution in [1.29, 1.82) is 0 Å². The lowest BCUT2D eigenvalue weighted by Gasteiger charge is -2.18. The number of hydrogen-bond acceptors (Lipinski definition) is 5. The van der Waals surface area contributed by atoms with E-state index in [1.807, 2.05) is 24.0 Å². The number of ether oxygens (including phenoxy) is 2. The standard InChI is InChI=1S/C21H33NO2S2/c1-5-9-12-18(23-7-3)16-25-20-14-11-15-22-21(20)26-17-19(24-8-4)13-10-6-2/h7-8,11,14-15,18-19H,3-6,9-10,12-13,16-17H2,1-2H3. The van der Waals surface area contributed by atoms with E-state index in [1.54, 1.807) is 24.3 Å². The van der Waals surface area contributed by atoms with Crippen molar-refractivity contribution in [3.05, 3.63) is 44.0 Å². The summed E-state index contributed by atoms with van der Waals surface area (Å²) in [5.74, 6) is 1.80. The molecular formula is C21H33NO2S2. The van der Waals surface area contributed by atoms with E-state index >= 15 is 0 Å². The minimum absolute atomic E-state index is 0.193. The lowest BCUT2D eigenvalue weighted by molar-refractivity contribution is 0.155. The number of thioether (sulfide) groups is 2. The molecular weight excluding hydrogens is 362 g/mol. The van der Waals surface area contributed by atoms with Crippen LogP contribution in [0.25, 0.3) is 0 Å². The molecule has 0 bridgehead atoms. The van der Waals surface area contributed by atoms with Gasteiger partial charge in [-0.1, -0.05) is 52.7 Å². The first kappa shape index (κ1) is 23.0. The van der Waals surface area contributed by atoms with Gasteiger partial charge in [0.05, 0.1) is 12.5 Å². The Morgan fingerprint density at radius 3 is 2.12 bits per heavy atom. The summed E-state index contributed by atoms with van der Waals surface area (Å²) in [6.07, 6.45) is 12.2. The minimum Gasteiger partial charge on any atom is -0.498 e. The Morgan fingerprint density at radius 2 is 1.58 bits per heavy atom. The lowest BCUT2D eigenvalue weighted by Crippen LogP contribution is -2.14. The van der Waals surface area contributed by atoms with Gasteiger partial charge in [-0.25, -0.2) is 4.98 Å². The summed E-state index contributed by atoms with van der Waals surface area (Å²) < 4.78 is 11.3. The Labute approximate surface area is 168 Å². The van der Waals surface area contributed by atoms with Crippen LogP contribution in [0.4, 0.5) is 0 Å². The summed E-state index contributed by atoms with van der Waals surface area (Å²) in [5.41, 5.74) is 0. The minimum atomic E-state index is 0.193. The van der Waals surface area contributed by atoms with Crippen LogP contribution in [0.15, 0.2) is 53.9 Å². The summed E-state index contributed by atoms with van der Waals surface area (Å²) in [6, 6.07) is 4.14. The molecule has 0 aromatic carbocycles. The maximum Gasteiger partial charge on any atom is 0.110 e. The third-order valence-electron chi connectivity index (χ3n) is 3.90. The monoisotopic (exact) mass is 395 g/mol. The first-order valence-corrected chi connectivity index (χ1v) is 11.5. The van der Waals surface area contributed by atoms with E-state index < -0.39 is 0 Å². The summed E-state index contributed by atoms with van der Waals surface area (Å²) in [5, 5.41) is 1.07. The van der Waals surface area contributed by atoms with Crippen molar-refractivity contribution in [3.63, 3.8) is 0 Å². The second-order valence-corrected chi connectivity index (χ2v) is 8.13. The zero-order valence-corrected chi connectivity index (χ0v) is 17.8. The van der Waals surface area contributed by atoms with Crippen LogP contribution in [0.5, 0.6) is 0 Å². The van der Waals surface area contributed by atoms with Gasteiger partial charge in [0, 0.05) is 22.6 Å². The second-order valence-electron chi connectivity index (χ2n) is 6.06. The molecule has 2 unspecified atom stereocenters. The van der Waals surface area contributed by atoms with Crippen molar-refractivity contribution in [2.75, 3.05) is 11.5 Å². The van der Waals surface area contributed by atoms with Gasteiger partial charge in [-0.3, -0.25) is 0 Å². The molecule has 1 aromatic heterocycles. The number of pyridine rings is 1. The van der Waals surface area contributed by atoms with Crippen LogP contribution in [-0.2, 0) is 9.47 Å². The molecule has 0 saturated heterocycles. The zero-order chi connectivity index (χ0) is 19.0. The Kier molecular flexibility index (Phi) is 13.3. The average molecular weight is 396 g/mol. The average Bonchev–Trinajstić information content (AvgIpc) is 2.66. The van der Waals surface area contributed by atoms with Crippen molar-refractivity contribution < 1.29 is 9.47 Å². The largest absolute Gasteiger partial charge is 0.498 e. The first-order valence-electron chi connectivity index (χ1n) is 9.48. The van der Waals surface area contributed by atoms with Gasteiger partial charge >= 0.3 is 0 Å². The van der Waals surface area contributed by atoms with Crippen LogP contribution in [0.3, 0.4) is 0 Å². The van der Waals surface area contributed by atoms with E-state index in [-0.39, 0.29) is 12.2 Å². The molecule has 0 N–H and O–H groups in total. The third kappa shape index (κ3) is 9.58. The van der Waals surface area contributed by atoms with Gasteiger partial charge in [0.2, 0.25) is 0 Å². The SMILES string of the molecule is C=COC(CCCC)CSc1cccnc1SCC(CCCC)OC=C. The Hall–Kier alpha value is -1.07. The molecule has 0 aliphatic carbocycles. The smallest absolute Gasteiger partial charge is 0.110 e. The van der Waals surface area contributed by atoms with Crippen LogP contribution in [0.2, 0.25) is 0 Å². The van der Waals surface area contributed by atoms with Crippen molar-refractivity contribution >= 4 is 23.5 Å². The molecule has 0 amide bonds. The van der Waals surface area contributed by atoms with Gasteiger partial charge in [0.25, 0.3) is 0 Å². The molecule has 146 valence electrons. The van der Waals surface area contributed by atoms with Crippen LogP contribution in [-0.4, -0.2) is 28.7 Å². The molecule has 0 aliphatic heterocycles. The van der Waals surface area contributed by atoms with E-state index in [1.165, 1.54) is 30.6 Å². The Bertz CT molecular complexity index is 466. The number of hydrogen-bond donors (Lipinski definition) is 0. The van der Waals surface area contributed by atoms with Gasteiger partial charge in [-0.2, -0.15) is 0 Å². The summed E-state index contributed by atoms with van der Waals surface area (Å²) >= 11 is 3.57. The van der Waals surface area contributed by atoms with Crippen molar-refractivity contribution in [1.82, 2.24) is 4.98 Å². The maximum absolute atomic E-state index is 5.66. The third-order valence-corrected chi connectivity index (χ3v) is 6.35. The molecule has 1 rings (SSSR count). The molecule has 3 nitrogen and oxygen atoms in total. The summed E-state index contributed by atoms with van der Waals surface area (Å²) in [4.78, 5) is 5.78. The quantitative estimate of drug-likeness (QED) is 0.229. The van der Waals surface area contributed by atoms with Crippen LogP contribution < -0.4 is 0 Å². The van der Waals surface area contributed by atoms with E-state index in [2.05, 4.69) is 38.1 Å². The molecule has 0 aliphatic rings. The van der Waals surface area contributed by atoms with Gasteiger partial charge in [0.15, 0.2) is 0 Å². The van der Waals surface area contributed by atoms with Gasteiger partial charge in [0.1, 0.15) is 17.2 Å². The Morgan fingerprint density at radius 1 is 1.00 bits per heavy atom. The summed E-state index contributed by atoms with van der Waals surface area (Å²) in [6.45, 7) is 11.8. The number of nitrogens with zero attached hydrogens (tertiary/aromatic N) is 1. The number of unbranched alkanes of at least 4 members (excludes halogenated alkanes) is 2. The highest BCUT2D eigenvalue weighted by atomic mass is 32.2.